The fraction of sp³-hybridized carbons (Fsp3) is 0.600. The molecule has 2 heteroatoms. The Hall–Kier alpha value is -0.530. The summed E-state index contributed by atoms with van der Waals surface area (Å²) in [6.07, 6.45) is 3.83. The van der Waals surface area contributed by atoms with E-state index in [4.69, 9.17) is 11.6 Å². The zero-order chi connectivity index (χ0) is 12.0. The lowest BCUT2D eigenvalue weighted by Crippen LogP contribution is -2.42. The van der Waals surface area contributed by atoms with E-state index < -0.39 is 0 Å². The summed E-state index contributed by atoms with van der Waals surface area (Å²) in [7, 11) is 0. The van der Waals surface area contributed by atoms with E-state index in [1.165, 1.54) is 24.8 Å². The molecule has 0 saturated heterocycles. The van der Waals surface area contributed by atoms with E-state index in [1.807, 2.05) is 12.1 Å². The molecule has 1 aromatic carbocycles. The van der Waals surface area contributed by atoms with E-state index in [0.717, 1.165) is 11.1 Å². The van der Waals surface area contributed by atoms with Gasteiger partial charge in [0.2, 0.25) is 0 Å². The third-order valence-corrected chi connectivity index (χ3v) is 4.78. The van der Waals surface area contributed by atoms with Crippen molar-refractivity contribution in [3.8, 4) is 0 Å². The van der Waals surface area contributed by atoms with Gasteiger partial charge >= 0.3 is 0 Å². The molecular formula is C15H20ClN. The topological polar surface area (TPSA) is 12.0 Å². The van der Waals surface area contributed by atoms with Gasteiger partial charge in [0.05, 0.1) is 0 Å². The van der Waals surface area contributed by atoms with Crippen LogP contribution in [-0.2, 0) is 0 Å². The highest BCUT2D eigenvalue weighted by molar-refractivity contribution is 6.31. The molecule has 2 aliphatic carbocycles. The van der Waals surface area contributed by atoms with Gasteiger partial charge in [-0.3, -0.25) is 0 Å². The summed E-state index contributed by atoms with van der Waals surface area (Å²) in [4.78, 5) is 0. The van der Waals surface area contributed by atoms with Crippen molar-refractivity contribution in [2.75, 3.05) is 0 Å². The first-order chi connectivity index (χ1) is 8.06. The predicted molar refractivity (Wildman–Crippen MR) is 72.5 cm³/mol. The van der Waals surface area contributed by atoms with Crippen molar-refractivity contribution in [3.63, 3.8) is 0 Å². The summed E-state index contributed by atoms with van der Waals surface area (Å²) in [5, 5.41) is 4.69. The largest absolute Gasteiger partial charge is 0.311 e. The van der Waals surface area contributed by atoms with Gasteiger partial charge in [-0.05, 0) is 42.2 Å². The van der Waals surface area contributed by atoms with Gasteiger partial charge < -0.3 is 5.32 Å². The fourth-order valence-electron chi connectivity index (χ4n) is 2.85. The molecule has 0 spiro atoms. The van der Waals surface area contributed by atoms with Crippen LogP contribution in [0.15, 0.2) is 24.3 Å². The molecular weight excluding hydrogens is 230 g/mol. The van der Waals surface area contributed by atoms with Gasteiger partial charge in [0, 0.05) is 17.1 Å². The Bertz CT molecular complexity index is 421. The molecule has 1 aromatic rings. The highest BCUT2D eigenvalue weighted by Gasteiger charge is 2.47. The van der Waals surface area contributed by atoms with Crippen molar-refractivity contribution < 1.29 is 0 Å². The molecule has 1 atom stereocenters. The van der Waals surface area contributed by atoms with Crippen LogP contribution in [0, 0.1) is 5.41 Å². The Morgan fingerprint density at radius 2 is 1.88 bits per heavy atom. The number of rotatable bonds is 3. The summed E-state index contributed by atoms with van der Waals surface area (Å²) < 4.78 is 0. The maximum Gasteiger partial charge on any atom is 0.0440 e. The van der Waals surface area contributed by atoms with Crippen LogP contribution >= 0.6 is 11.6 Å². The first kappa shape index (κ1) is 11.6. The SMILES string of the molecule is CC1(C)CC1NC1CC(c2ccccc2Cl)C1. The molecule has 0 radical (unpaired) electrons. The standard InChI is InChI=1S/C15H20ClN/c1-15(2)9-14(15)17-11-7-10(8-11)12-5-3-4-6-13(12)16/h3-6,10-11,14,17H,7-9H2,1-2H3. The molecule has 1 unspecified atom stereocenters. The highest BCUT2D eigenvalue weighted by Crippen LogP contribution is 2.47. The Balaban J connectivity index is 1.53. The van der Waals surface area contributed by atoms with E-state index in [1.54, 1.807) is 0 Å². The van der Waals surface area contributed by atoms with Crippen LogP contribution in [-0.4, -0.2) is 12.1 Å². The van der Waals surface area contributed by atoms with E-state index in [0.29, 0.717) is 17.4 Å². The van der Waals surface area contributed by atoms with Gasteiger partial charge in [-0.2, -0.15) is 0 Å². The molecule has 0 aromatic heterocycles. The Morgan fingerprint density at radius 1 is 1.24 bits per heavy atom. The van der Waals surface area contributed by atoms with Crippen molar-refractivity contribution in [2.24, 2.45) is 5.41 Å². The lowest BCUT2D eigenvalue weighted by molar-refractivity contribution is 0.279. The van der Waals surface area contributed by atoms with Crippen LogP contribution in [0.5, 0.6) is 0 Å². The number of nitrogens with one attached hydrogen (secondary N) is 1. The highest BCUT2D eigenvalue weighted by atomic mass is 35.5. The monoisotopic (exact) mass is 249 g/mol. The van der Waals surface area contributed by atoms with E-state index in [2.05, 4.69) is 31.3 Å². The Morgan fingerprint density at radius 3 is 2.47 bits per heavy atom. The van der Waals surface area contributed by atoms with Gasteiger partial charge in [-0.15, -0.1) is 0 Å². The van der Waals surface area contributed by atoms with Gasteiger partial charge in [-0.1, -0.05) is 43.6 Å². The first-order valence-corrected chi connectivity index (χ1v) is 6.94. The summed E-state index contributed by atoms with van der Waals surface area (Å²) in [5.41, 5.74) is 1.87. The number of hydrogen-bond acceptors (Lipinski definition) is 1. The van der Waals surface area contributed by atoms with Gasteiger partial charge in [0.15, 0.2) is 0 Å². The minimum Gasteiger partial charge on any atom is -0.311 e. The second-order valence-corrected chi connectivity index (χ2v) is 6.71. The smallest absolute Gasteiger partial charge is 0.0440 e. The molecule has 0 amide bonds. The van der Waals surface area contributed by atoms with E-state index >= 15 is 0 Å². The summed E-state index contributed by atoms with van der Waals surface area (Å²) in [5.74, 6) is 0.670. The number of halogens is 1. The van der Waals surface area contributed by atoms with Gasteiger partial charge in [0.1, 0.15) is 0 Å². The van der Waals surface area contributed by atoms with Crippen LogP contribution < -0.4 is 5.32 Å². The molecule has 92 valence electrons. The molecule has 0 bridgehead atoms. The maximum atomic E-state index is 6.22. The quantitative estimate of drug-likeness (QED) is 0.855. The van der Waals surface area contributed by atoms with Crippen molar-refractivity contribution >= 4 is 11.6 Å². The third kappa shape index (κ3) is 2.23. The zero-order valence-corrected chi connectivity index (χ0v) is 11.3. The molecule has 2 aliphatic rings. The Kier molecular flexibility index (Phi) is 2.72. The maximum absolute atomic E-state index is 6.22. The van der Waals surface area contributed by atoms with Crippen LogP contribution in [0.2, 0.25) is 5.02 Å². The van der Waals surface area contributed by atoms with Crippen molar-refractivity contribution in [1.29, 1.82) is 0 Å². The van der Waals surface area contributed by atoms with Crippen LogP contribution in [0.3, 0.4) is 0 Å². The predicted octanol–water partition coefficient (Wildman–Crippen LogP) is 3.97. The van der Waals surface area contributed by atoms with Crippen LogP contribution in [0.1, 0.15) is 44.6 Å². The number of benzene rings is 1. The normalized spacial score (nSPS) is 34.2. The summed E-state index contributed by atoms with van der Waals surface area (Å²) in [6, 6.07) is 9.73. The van der Waals surface area contributed by atoms with Crippen molar-refractivity contribution in [2.45, 2.75) is 51.1 Å². The van der Waals surface area contributed by atoms with Gasteiger partial charge in [-0.25, -0.2) is 0 Å². The molecule has 3 rings (SSSR count). The molecule has 0 heterocycles. The zero-order valence-electron chi connectivity index (χ0n) is 10.5. The van der Waals surface area contributed by atoms with Crippen LogP contribution in [0.25, 0.3) is 0 Å². The third-order valence-electron chi connectivity index (χ3n) is 4.43. The molecule has 17 heavy (non-hydrogen) atoms. The summed E-state index contributed by atoms with van der Waals surface area (Å²) >= 11 is 6.22. The lowest BCUT2D eigenvalue weighted by Gasteiger charge is -2.37. The second kappa shape index (κ2) is 4.00. The van der Waals surface area contributed by atoms with E-state index in [9.17, 15) is 0 Å². The minimum absolute atomic E-state index is 0.537. The first-order valence-electron chi connectivity index (χ1n) is 6.57. The number of hydrogen-bond donors (Lipinski definition) is 1. The van der Waals surface area contributed by atoms with Gasteiger partial charge in [0.25, 0.3) is 0 Å². The Labute approximate surface area is 109 Å². The average molecular weight is 250 g/mol. The summed E-state index contributed by atoms with van der Waals surface area (Å²) in [6.45, 7) is 4.68. The second-order valence-electron chi connectivity index (χ2n) is 6.30. The lowest BCUT2D eigenvalue weighted by atomic mass is 9.75. The fourth-order valence-corrected chi connectivity index (χ4v) is 3.14. The van der Waals surface area contributed by atoms with Crippen LogP contribution in [0.4, 0.5) is 0 Å². The van der Waals surface area contributed by atoms with Crippen molar-refractivity contribution in [1.82, 2.24) is 5.32 Å². The molecule has 1 N–H and O–H groups in total. The van der Waals surface area contributed by atoms with E-state index in [-0.39, 0.29) is 0 Å². The molecule has 0 aliphatic heterocycles. The minimum atomic E-state index is 0.537. The average Bonchev–Trinajstić information content (AvgIpc) is 2.81. The van der Waals surface area contributed by atoms with Crippen molar-refractivity contribution in [3.05, 3.63) is 34.9 Å². The molecule has 2 fully saturated rings. The molecule has 1 nitrogen and oxygen atoms in total. The molecule has 2 saturated carbocycles.